The molecule has 1 saturated heterocycles. The minimum absolute atomic E-state index is 0.000250. The summed E-state index contributed by atoms with van der Waals surface area (Å²) in [6, 6.07) is 0.462. The maximum Gasteiger partial charge on any atom is 0.290 e. The zero-order chi connectivity index (χ0) is 11.5. The molecule has 0 bridgehead atoms. The van der Waals surface area contributed by atoms with Gasteiger partial charge in [0.15, 0.2) is 0 Å². The van der Waals surface area contributed by atoms with Crippen molar-refractivity contribution in [3.05, 3.63) is 11.7 Å². The molecule has 2 rings (SSSR count). The lowest BCUT2D eigenvalue weighted by atomic mass is 10.2. The molecule has 16 heavy (non-hydrogen) atoms. The van der Waals surface area contributed by atoms with Gasteiger partial charge < -0.3 is 9.26 Å². The number of rotatable bonds is 3. The molecule has 1 unspecified atom stereocenters. The highest BCUT2D eigenvalue weighted by molar-refractivity contribution is 5.66. The van der Waals surface area contributed by atoms with Gasteiger partial charge in [0, 0.05) is 19.1 Å². The van der Waals surface area contributed by atoms with E-state index in [1.165, 1.54) is 0 Å². The fraction of sp³-hybridized carbons (Fsp3) is 0.700. The van der Waals surface area contributed by atoms with E-state index in [2.05, 4.69) is 28.9 Å². The quantitative estimate of drug-likeness (QED) is 0.704. The molecule has 1 aromatic heterocycles. The first-order valence-electron chi connectivity index (χ1n) is 5.35. The largest absolute Gasteiger partial charge is 0.367 e. The minimum atomic E-state index is -0.200. The van der Waals surface area contributed by atoms with Gasteiger partial charge in [0.2, 0.25) is 12.1 Å². The Morgan fingerprint density at radius 3 is 3.00 bits per heavy atom. The Balaban J connectivity index is 2.06. The zero-order valence-corrected chi connectivity index (χ0v) is 9.42. The molecule has 0 saturated carbocycles. The summed E-state index contributed by atoms with van der Waals surface area (Å²) in [5, 5.41) is 3.74. The van der Waals surface area contributed by atoms with Crippen molar-refractivity contribution in [2.75, 3.05) is 19.7 Å². The SMILES string of the molecule is CC(C)N1CCOC(c2noc(C=O)n2)C1. The predicted molar refractivity (Wildman–Crippen MR) is 55.1 cm³/mol. The Morgan fingerprint density at radius 1 is 1.56 bits per heavy atom. The van der Waals surface area contributed by atoms with Crippen LogP contribution in [-0.2, 0) is 4.74 Å². The van der Waals surface area contributed by atoms with Crippen molar-refractivity contribution < 1.29 is 14.1 Å². The van der Waals surface area contributed by atoms with E-state index in [4.69, 9.17) is 9.26 Å². The molecule has 1 aromatic rings. The Hall–Kier alpha value is -1.27. The highest BCUT2D eigenvalue weighted by atomic mass is 16.5. The second-order valence-corrected chi connectivity index (χ2v) is 4.06. The summed E-state index contributed by atoms with van der Waals surface area (Å²) < 4.78 is 10.3. The van der Waals surface area contributed by atoms with Crippen LogP contribution in [0, 0.1) is 0 Å². The topological polar surface area (TPSA) is 68.5 Å². The minimum Gasteiger partial charge on any atom is -0.367 e. The number of hydrogen-bond acceptors (Lipinski definition) is 6. The fourth-order valence-corrected chi connectivity index (χ4v) is 1.72. The van der Waals surface area contributed by atoms with E-state index in [1.807, 2.05) is 0 Å². The van der Waals surface area contributed by atoms with Gasteiger partial charge in [-0.05, 0) is 13.8 Å². The van der Waals surface area contributed by atoms with Gasteiger partial charge in [0.05, 0.1) is 6.61 Å². The van der Waals surface area contributed by atoms with Crippen molar-refractivity contribution in [3.63, 3.8) is 0 Å². The molecule has 0 N–H and O–H groups in total. The zero-order valence-electron chi connectivity index (χ0n) is 9.42. The molecule has 1 atom stereocenters. The summed E-state index contributed by atoms with van der Waals surface area (Å²) in [6.07, 6.45) is 0.341. The van der Waals surface area contributed by atoms with Crippen LogP contribution in [0.2, 0.25) is 0 Å². The van der Waals surface area contributed by atoms with E-state index in [9.17, 15) is 4.79 Å². The highest BCUT2D eigenvalue weighted by Crippen LogP contribution is 2.20. The summed E-state index contributed by atoms with van der Waals surface area (Å²) in [5.41, 5.74) is 0. The van der Waals surface area contributed by atoms with E-state index in [1.54, 1.807) is 0 Å². The van der Waals surface area contributed by atoms with Crippen molar-refractivity contribution in [3.8, 4) is 0 Å². The second kappa shape index (κ2) is 4.71. The first kappa shape index (κ1) is 11.2. The van der Waals surface area contributed by atoms with Crippen molar-refractivity contribution >= 4 is 6.29 Å². The fourth-order valence-electron chi connectivity index (χ4n) is 1.72. The van der Waals surface area contributed by atoms with Gasteiger partial charge in [0.25, 0.3) is 5.89 Å². The van der Waals surface area contributed by atoms with Crippen molar-refractivity contribution in [2.24, 2.45) is 0 Å². The van der Waals surface area contributed by atoms with Crippen LogP contribution in [0.3, 0.4) is 0 Å². The van der Waals surface area contributed by atoms with Crippen LogP contribution in [-0.4, -0.2) is 47.1 Å². The maximum atomic E-state index is 10.4. The van der Waals surface area contributed by atoms with Gasteiger partial charge in [-0.2, -0.15) is 4.98 Å². The predicted octanol–water partition coefficient (Wildman–Crippen LogP) is 0.664. The lowest BCUT2D eigenvalue weighted by molar-refractivity contribution is -0.0450. The molecule has 0 aliphatic carbocycles. The smallest absolute Gasteiger partial charge is 0.290 e. The Labute approximate surface area is 93.6 Å². The first-order chi connectivity index (χ1) is 7.70. The van der Waals surface area contributed by atoms with E-state index in [0.29, 0.717) is 24.8 Å². The van der Waals surface area contributed by atoms with Crippen LogP contribution in [0.25, 0.3) is 0 Å². The van der Waals surface area contributed by atoms with Crippen LogP contribution in [0.1, 0.15) is 36.5 Å². The average Bonchev–Trinajstić information content (AvgIpc) is 2.77. The van der Waals surface area contributed by atoms with Crippen LogP contribution >= 0.6 is 0 Å². The Kier molecular flexibility index (Phi) is 3.31. The number of aldehydes is 1. The number of hydrogen-bond donors (Lipinski definition) is 0. The molecule has 1 aliphatic heterocycles. The van der Waals surface area contributed by atoms with Crippen LogP contribution in [0.15, 0.2) is 4.52 Å². The number of nitrogens with zero attached hydrogens (tertiary/aromatic N) is 3. The van der Waals surface area contributed by atoms with Gasteiger partial charge >= 0.3 is 0 Å². The van der Waals surface area contributed by atoms with E-state index in [0.717, 1.165) is 13.1 Å². The van der Waals surface area contributed by atoms with Crippen LogP contribution in [0.5, 0.6) is 0 Å². The van der Waals surface area contributed by atoms with E-state index >= 15 is 0 Å². The van der Waals surface area contributed by atoms with Crippen molar-refractivity contribution in [1.82, 2.24) is 15.0 Å². The monoisotopic (exact) mass is 225 g/mol. The summed E-state index contributed by atoms with van der Waals surface area (Å²) in [4.78, 5) is 16.7. The number of morpholine rings is 1. The Morgan fingerprint density at radius 2 is 2.38 bits per heavy atom. The molecule has 0 aromatic carbocycles. The molecular weight excluding hydrogens is 210 g/mol. The van der Waals surface area contributed by atoms with Crippen LogP contribution < -0.4 is 0 Å². The molecule has 0 spiro atoms. The standard InChI is InChI=1S/C10H15N3O3/c1-7(2)13-3-4-15-8(5-13)10-11-9(6-14)16-12-10/h6-8H,3-5H2,1-2H3. The van der Waals surface area contributed by atoms with Gasteiger partial charge in [-0.15, -0.1) is 0 Å². The van der Waals surface area contributed by atoms with Gasteiger partial charge in [-0.25, -0.2) is 0 Å². The lowest BCUT2D eigenvalue weighted by Crippen LogP contribution is -2.42. The first-order valence-corrected chi connectivity index (χ1v) is 5.35. The summed E-state index contributed by atoms with van der Waals surface area (Å²) in [5.74, 6) is 0.452. The van der Waals surface area contributed by atoms with Crippen molar-refractivity contribution in [1.29, 1.82) is 0 Å². The normalized spacial score (nSPS) is 22.6. The van der Waals surface area contributed by atoms with Crippen molar-refractivity contribution in [2.45, 2.75) is 26.0 Å². The number of aromatic nitrogens is 2. The molecule has 0 amide bonds. The maximum absolute atomic E-state index is 10.4. The van der Waals surface area contributed by atoms with Gasteiger partial charge in [-0.3, -0.25) is 9.69 Å². The average molecular weight is 225 g/mol. The highest BCUT2D eigenvalue weighted by Gasteiger charge is 2.27. The third kappa shape index (κ3) is 2.28. The van der Waals surface area contributed by atoms with E-state index < -0.39 is 0 Å². The third-order valence-electron chi connectivity index (χ3n) is 2.67. The molecule has 88 valence electrons. The summed E-state index contributed by atoms with van der Waals surface area (Å²) in [7, 11) is 0. The van der Waals surface area contributed by atoms with Gasteiger partial charge in [0.1, 0.15) is 6.10 Å². The summed E-state index contributed by atoms with van der Waals surface area (Å²) >= 11 is 0. The third-order valence-corrected chi connectivity index (χ3v) is 2.67. The van der Waals surface area contributed by atoms with E-state index in [-0.39, 0.29) is 12.0 Å². The number of ether oxygens (including phenoxy) is 1. The molecule has 0 radical (unpaired) electrons. The Bertz CT molecular complexity index is 364. The second-order valence-electron chi connectivity index (χ2n) is 4.06. The summed E-state index contributed by atoms with van der Waals surface area (Å²) in [6.45, 7) is 6.56. The molecular formula is C10H15N3O3. The van der Waals surface area contributed by atoms with Gasteiger partial charge in [-0.1, -0.05) is 5.16 Å². The molecule has 6 heteroatoms. The number of carbonyl (C=O) groups is 1. The molecule has 6 nitrogen and oxygen atoms in total. The molecule has 1 aliphatic rings. The van der Waals surface area contributed by atoms with Crippen LogP contribution in [0.4, 0.5) is 0 Å². The molecule has 1 fully saturated rings. The lowest BCUT2D eigenvalue weighted by Gasteiger charge is -2.34. The number of carbonyl (C=O) groups excluding carboxylic acids is 1. The molecule has 2 heterocycles.